The SMILES string of the molecule is Cn1cc([C@H]2C[C@@H]2C(=O)N2CCN(CC(C)(C)O)CC2)cn1. The molecule has 0 spiro atoms. The topological polar surface area (TPSA) is 61.6 Å². The number of aryl methyl sites for hydroxylation is 1. The number of rotatable bonds is 4. The highest BCUT2D eigenvalue weighted by Crippen LogP contribution is 2.48. The molecule has 1 aliphatic heterocycles. The molecule has 122 valence electrons. The Bertz CT molecular complexity index is 541. The number of nitrogens with zero attached hydrogens (tertiary/aromatic N) is 4. The van der Waals surface area contributed by atoms with E-state index in [2.05, 4.69) is 10.00 Å². The largest absolute Gasteiger partial charge is 0.389 e. The van der Waals surface area contributed by atoms with Gasteiger partial charge in [-0.05, 0) is 31.7 Å². The van der Waals surface area contributed by atoms with Gasteiger partial charge in [0.25, 0.3) is 0 Å². The van der Waals surface area contributed by atoms with Gasteiger partial charge in [-0.15, -0.1) is 0 Å². The number of amides is 1. The van der Waals surface area contributed by atoms with Crippen LogP contribution in [0.4, 0.5) is 0 Å². The molecule has 2 heterocycles. The molecule has 0 bridgehead atoms. The molecule has 22 heavy (non-hydrogen) atoms. The van der Waals surface area contributed by atoms with Crippen molar-refractivity contribution in [3.8, 4) is 0 Å². The summed E-state index contributed by atoms with van der Waals surface area (Å²) in [5.74, 6) is 0.789. The number of β-amino-alcohol motifs (C(OH)–C–C–N with tert-alkyl or cyclic N) is 1. The smallest absolute Gasteiger partial charge is 0.226 e. The first kappa shape index (κ1) is 15.5. The summed E-state index contributed by atoms with van der Waals surface area (Å²) >= 11 is 0. The van der Waals surface area contributed by atoms with Crippen molar-refractivity contribution in [2.24, 2.45) is 13.0 Å². The van der Waals surface area contributed by atoms with Crippen molar-refractivity contribution in [3.05, 3.63) is 18.0 Å². The Balaban J connectivity index is 1.49. The number of carbonyl (C=O) groups excluding carboxylic acids is 1. The molecular weight excluding hydrogens is 280 g/mol. The highest BCUT2D eigenvalue weighted by molar-refractivity contribution is 5.83. The number of piperazine rings is 1. The molecule has 1 saturated carbocycles. The Kier molecular flexibility index (Phi) is 3.99. The van der Waals surface area contributed by atoms with Gasteiger partial charge >= 0.3 is 0 Å². The minimum Gasteiger partial charge on any atom is -0.389 e. The molecule has 1 saturated heterocycles. The zero-order valence-corrected chi connectivity index (χ0v) is 13.7. The van der Waals surface area contributed by atoms with Crippen LogP contribution in [-0.2, 0) is 11.8 Å². The van der Waals surface area contributed by atoms with E-state index in [1.165, 1.54) is 5.56 Å². The molecule has 0 aromatic carbocycles. The Labute approximate surface area is 131 Å². The van der Waals surface area contributed by atoms with Crippen molar-refractivity contribution in [1.29, 1.82) is 0 Å². The van der Waals surface area contributed by atoms with Gasteiger partial charge < -0.3 is 10.0 Å². The highest BCUT2D eigenvalue weighted by atomic mass is 16.3. The van der Waals surface area contributed by atoms with Crippen LogP contribution in [0.1, 0.15) is 31.7 Å². The van der Waals surface area contributed by atoms with Gasteiger partial charge in [-0.25, -0.2) is 0 Å². The molecule has 1 aromatic heterocycles. The molecule has 1 N–H and O–H groups in total. The van der Waals surface area contributed by atoms with E-state index in [1.54, 1.807) is 4.68 Å². The molecule has 6 nitrogen and oxygen atoms in total. The Hall–Kier alpha value is -1.40. The number of aliphatic hydroxyl groups is 1. The van der Waals surface area contributed by atoms with Crippen LogP contribution in [0, 0.1) is 5.92 Å². The zero-order chi connectivity index (χ0) is 15.9. The second-order valence-electron chi connectivity index (χ2n) is 7.31. The van der Waals surface area contributed by atoms with Gasteiger partial charge in [0.15, 0.2) is 0 Å². The summed E-state index contributed by atoms with van der Waals surface area (Å²) in [5, 5.41) is 14.1. The molecular formula is C16H26N4O2. The van der Waals surface area contributed by atoms with Crippen molar-refractivity contribution >= 4 is 5.91 Å². The Morgan fingerprint density at radius 2 is 2.05 bits per heavy atom. The molecule has 1 aliphatic carbocycles. The normalized spacial score (nSPS) is 26.3. The lowest BCUT2D eigenvalue weighted by Crippen LogP contribution is -2.52. The maximum Gasteiger partial charge on any atom is 0.226 e. The minimum absolute atomic E-state index is 0.144. The van der Waals surface area contributed by atoms with Crippen LogP contribution in [0.5, 0.6) is 0 Å². The lowest BCUT2D eigenvalue weighted by molar-refractivity contribution is -0.134. The van der Waals surface area contributed by atoms with Crippen LogP contribution in [0.25, 0.3) is 0 Å². The molecule has 1 aromatic rings. The molecule has 0 unspecified atom stereocenters. The van der Waals surface area contributed by atoms with E-state index < -0.39 is 5.60 Å². The highest BCUT2D eigenvalue weighted by Gasteiger charge is 2.46. The van der Waals surface area contributed by atoms with Crippen LogP contribution in [-0.4, -0.2) is 68.9 Å². The van der Waals surface area contributed by atoms with Gasteiger partial charge in [0.05, 0.1) is 11.8 Å². The molecule has 2 atom stereocenters. The van der Waals surface area contributed by atoms with E-state index in [1.807, 2.05) is 38.2 Å². The number of carbonyl (C=O) groups is 1. The van der Waals surface area contributed by atoms with Crippen molar-refractivity contribution in [2.75, 3.05) is 32.7 Å². The monoisotopic (exact) mass is 306 g/mol. The van der Waals surface area contributed by atoms with Crippen molar-refractivity contribution < 1.29 is 9.90 Å². The van der Waals surface area contributed by atoms with Crippen LogP contribution in [0.2, 0.25) is 0 Å². The summed E-state index contributed by atoms with van der Waals surface area (Å²) in [6.45, 7) is 7.55. The third kappa shape index (κ3) is 3.50. The Morgan fingerprint density at radius 3 is 2.59 bits per heavy atom. The van der Waals surface area contributed by atoms with E-state index >= 15 is 0 Å². The number of aromatic nitrogens is 2. The minimum atomic E-state index is -0.673. The predicted molar refractivity (Wildman–Crippen MR) is 83.4 cm³/mol. The van der Waals surface area contributed by atoms with E-state index in [4.69, 9.17) is 0 Å². The lowest BCUT2D eigenvalue weighted by Gasteiger charge is -2.37. The molecule has 3 rings (SSSR count). The van der Waals surface area contributed by atoms with Gasteiger partial charge in [0.2, 0.25) is 5.91 Å². The molecule has 2 aliphatic rings. The van der Waals surface area contributed by atoms with Crippen LogP contribution < -0.4 is 0 Å². The van der Waals surface area contributed by atoms with Gasteiger partial charge in [-0.3, -0.25) is 14.4 Å². The van der Waals surface area contributed by atoms with Crippen LogP contribution >= 0.6 is 0 Å². The summed E-state index contributed by atoms with van der Waals surface area (Å²) in [6, 6.07) is 0. The van der Waals surface area contributed by atoms with Crippen molar-refractivity contribution in [1.82, 2.24) is 19.6 Å². The maximum absolute atomic E-state index is 12.6. The fraction of sp³-hybridized carbons (Fsp3) is 0.750. The van der Waals surface area contributed by atoms with E-state index in [9.17, 15) is 9.90 Å². The fourth-order valence-electron chi connectivity index (χ4n) is 3.38. The quantitative estimate of drug-likeness (QED) is 0.877. The standard InChI is InChI=1S/C16H26N4O2/c1-16(2,22)11-19-4-6-20(7-5-19)15(21)14-8-13(14)12-9-17-18(3)10-12/h9-10,13-14,22H,4-8,11H2,1-3H3/t13-,14+/m1/s1. The Morgan fingerprint density at radius 1 is 1.36 bits per heavy atom. The first-order chi connectivity index (χ1) is 10.3. The molecule has 2 fully saturated rings. The van der Waals surface area contributed by atoms with Gasteiger partial charge in [-0.2, -0.15) is 5.10 Å². The second-order valence-corrected chi connectivity index (χ2v) is 7.31. The number of hydrogen-bond donors (Lipinski definition) is 1. The summed E-state index contributed by atoms with van der Waals surface area (Å²) in [7, 11) is 1.91. The fourth-order valence-corrected chi connectivity index (χ4v) is 3.38. The summed E-state index contributed by atoms with van der Waals surface area (Å²) in [5.41, 5.74) is 0.509. The second kappa shape index (κ2) is 5.66. The van der Waals surface area contributed by atoms with Gasteiger partial charge in [0, 0.05) is 51.9 Å². The van der Waals surface area contributed by atoms with E-state index in [-0.39, 0.29) is 11.8 Å². The maximum atomic E-state index is 12.6. The average molecular weight is 306 g/mol. The summed E-state index contributed by atoms with van der Waals surface area (Å²) in [4.78, 5) is 16.8. The molecule has 6 heteroatoms. The molecule has 1 amide bonds. The first-order valence-electron chi connectivity index (χ1n) is 8.05. The van der Waals surface area contributed by atoms with Gasteiger partial charge in [0.1, 0.15) is 0 Å². The van der Waals surface area contributed by atoms with Gasteiger partial charge in [-0.1, -0.05) is 0 Å². The van der Waals surface area contributed by atoms with Crippen LogP contribution in [0.3, 0.4) is 0 Å². The first-order valence-corrected chi connectivity index (χ1v) is 8.05. The third-order valence-corrected chi connectivity index (χ3v) is 4.56. The van der Waals surface area contributed by atoms with Crippen molar-refractivity contribution in [3.63, 3.8) is 0 Å². The average Bonchev–Trinajstić information content (AvgIpc) is 3.12. The predicted octanol–water partition coefficient (Wildman–Crippen LogP) is 0.439. The lowest BCUT2D eigenvalue weighted by atomic mass is 10.1. The summed E-state index contributed by atoms with van der Waals surface area (Å²) in [6.07, 6.45) is 4.84. The van der Waals surface area contributed by atoms with Crippen molar-refractivity contribution in [2.45, 2.75) is 31.8 Å². The summed E-state index contributed by atoms with van der Waals surface area (Å²) < 4.78 is 1.80. The zero-order valence-electron chi connectivity index (χ0n) is 13.7. The van der Waals surface area contributed by atoms with Crippen LogP contribution in [0.15, 0.2) is 12.4 Å². The third-order valence-electron chi connectivity index (χ3n) is 4.56. The van der Waals surface area contributed by atoms with E-state index in [0.29, 0.717) is 12.5 Å². The molecule has 0 radical (unpaired) electrons. The number of hydrogen-bond acceptors (Lipinski definition) is 4. The van der Waals surface area contributed by atoms with E-state index in [0.717, 1.165) is 32.6 Å².